The Kier molecular flexibility index (Phi) is 6.47. The van der Waals surface area contributed by atoms with Crippen molar-refractivity contribution in [2.24, 2.45) is 5.73 Å². The highest BCUT2D eigenvalue weighted by molar-refractivity contribution is 6.06. The van der Waals surface area contributed by atoms with E-state index >= 15 is 0 Å². The van der Waals surface area contributed by atoms with Crippen molar-refractivity contribution in [3.63, 3.8) is 0 Å². The molecule has 0 aromatic heterocycles. The van der Waals surface area contributed by atoms with Crippen LogP contribution in [0.1, 0.15) is 10.4 Å². The maximum absolute atomic E-state index is 12.6. The summed E-state index contributed by atoms with van der Waals surface area (Å²) >= 11 is 0. The SMILES string of the molecule is COc1cc(OC)c(C(=O)Nc2ccc(OCCN)cc2)cc1OC. The zero-order valence-electron chi connectivity index (χ0n) is 14.5. The normalized spacial score (nSPS) is 10.1. The Morgan fingerprint density at radius 1 is 0.960 bits per heavy atom. The predicted molar refractivity (Wildman–Crippen MR) is 95.0 cm³/mol. The van der Waals surface area contributed by atoms with E-state index in [2.05, 4.69) is 5.32 Å². The van der Waals surface area contributed by atoms with Gasteiger partial charge in [0.05, 0.1) is 26.9 Å². The number of nitrogens with one attached hydrogen (secondary N) is 1. The number of carbonyl (C=O) groups is 1. The van der Waals surface area contributed by atoms with E-state index in [0.717, 1.165) is 0 Å². The average molecular weight is 346 g/mol. The number of methoxy groups -OCH3 is 3. The van der Waals surface area contributed by atoms with Crippen LogP contribution in [-0.2, 0) is 0 Å². The standard InChI is InChI=1S/C18H22N2O5/c1-22-15-11-17(24-3)16(23-2)10-14(15)18(21)20-12-4-6-13(7-5-12)25-9-8-19/h4-7,10-11H,8-9,19H2,1-3H3,(H,20,21). The summed E-state index contributed by atoms with van der Waals surface area (Å²) in [5.41, 5.74) is 6.36. The lowest BCUT2D eigenvalue weighted by Gasteiger charge is -2.14. The molecule has 0 aliphatic carbocycles. The molecule has 0 spiro atoms. The summed E-state index contributed by atoms with van der Waals surface area (Å²) in [4.78, 5) is 12.6. The first-order valence-corrected chi connectivity index (χ1v) is 7.67. The third-order valence-electron chi connectivity index (χ3n) is 3.45. The molecule has 0 saturated carbocycles. The van der Waals surface area contributed by atoms with Gasteiger partial charge in [0.15, 0.2) is 11.5 Å². The summed E-state index contributed by atoms with van der Waals surface area (Å²) in [6.45, 7) is 0.881. The van der Waals surface area contributed by atoms with Gasteiger partial charge in [0.2, 0.25) is 0 Å². The second-order valence-corrected chi connectivity index (χ2v) is 5.02. The van der Waals surface area contributed by atoms with Crippen molar-refractivity contribution in [1.29, 1.82) is 0 Å². The molecule has 25 heavy (non-hydrogen) atoms. The van der Waals surface area contributed by atoms with Gasteiger partial charge in [-0.25, -0.2) is 0 Å². The van der Waals surface area contributed by atoms with Gasteiger partial charge in [0.1, 0.15) is 18.1 Å². The van der Waals surface area contributed by atoms with Crippen LogP contribution in [0.15, 0.2) is 36.4 Å². The van der Waals surface area contributed by atoms with Crippen molar-refractivity contribution in [1.82, 2.24) is 0 Å². The fourth-order valence-electron chi connectivity index (χ4n) is 2.22. The summed E-state index contributed by atoms with van der Waals surface area (Å²) in [7, 11) is 4.51. The van der Waals surface area contributed by atoms with E-state index in [9.17, 15) is 4.79 Å². The van der Waals surface area contributed by atoms with Crippen LogP contribution in [-0.4, -0.2) is 40.4 Å². The second kappa shape index (κ2) is 8.79. The molecule has 0 radical (unpaired) electrons. The Hall–Kier alpha value is -2.93. The van der Waals surface area contributed by atoms with E-state index in [4.69, 9.17) is 24.7 Å². The van der Waals surface area contributed by atoms with Gasteiger partial charge >= 0.3 is 0 Å². The fraction of sp³-hybridized carbons (Fsp3) is 0.278. The summed E-state index contributed by atoms with van der Waals surface area (Å²) in [5.74, 6) is 1.68. The minimum absolute atomic E-state index is 0.326. The molecular formula is C18H22N2O5. The molecule has 2 rings (SSSR count). The van der Waals surface area contributed by atoms with E-state index in [1.54, 1.807) is 36.4 Å². The van der Waals surface area contributed by atoms with Crippen molar-refractivity contribution in [3.05, 3.63) is 42.0 Å². The van der Waals surface area contributed by atoms with Crippen LogP contribution in [0.25, 0.3) is 0 Å². The maximum atomic E-state index is 12.6. The minimum Gasteiger partial charge on any atom is -0.496 e. The number of ether oxygens (including phenoxy) is 4. The van der Waals surface area contributed by atoms with Crippen LogP contribution < -0.4 is 30.0 Å². The van der Waals surface area contributed by atoms with Gasteiger partial charge in [0, 0.05) is 24.4 Å². The van der Waals surface area contributed by atoms with E-state index in [1.165, 1.54) is 21.3 Å². The van der Waals surface area contributed by atoms with Gasteiger partial charge in [0.25, 0.3) is 5.91 Å². The Bertz CT molecular complexity index is 716. The highest BCUT2D eigenvalue weighted by atomic mass is 16.5. The summed E-state index contributed by atoms with van der Waals surface area (Å²) in [5, 5.41) is 2.81. The molecule has 3 N–H and O–H groups in total. The van der Waals surface area contributed by atoms with Crippen LogP contribution >= 0.6 is 0 Å². The molecule has 0 fully saturated rings. The quantitative estimate of drug-likeness (QED) is 0.762. The predicted octanol–water partition coefficient (Wildman–Crippen LogP) is 2.30. The number of rotatable bonds is 8. The first kappa shape index (κ1) is 18.4. The Balaban J connectivity index is 2.19. The van der Waals surface area contributed by atoms with Crippen molar-refractivity contribution >= 4 is 11.6 Å². The van der Waals surface area contributed by atoms with Crippen LogP contribution in [0.3, 0.4) is 0 Å². The number of hydrogen-bond donors (Lipinski definition) is 2. The highest BCUT2D eigenvalue weighted by Gasteiger charge is 2.18. The minimum atomic E-state index is -0.326. The second-order valence-electron chi connectivity index (χ2n) is 5.02. The Morgan fingerprint density at radius 3 is 2.12 bits per heavy atom. The monoisotopic (exact) mass is 346 g/mol. The Morgan fingerprint density at radius 2 is 1.56 bits per heavy atom. The number of nitrogens with two attached hydrogens (primary N) is 1. The zero-order valence-corrected chi connectivity index (χ0v) is 14.5. The average Bonchev–Trinajstić information content (AvgIpc) is 2.66. The molecule has 0 aliphatic heterocycles. The van der Waals surface area contributed by atoms with Crippen molar-refractivity contribution in [3.8, 4) is 23.0 Å². The van der Waals surface area contributed by atoms with Gasteiger partial charge in [-0.05, 0) is 24.3 Å². The third-order valence-corrected chi connectivity index (χ3v) is 3.45. The van der Waals surface area contributed by atoms with Gasteiger partial charge in [-0.15, -0.1) is 0 Å². The number of benzene rings is 2. The van der Waals surface area contributed by atoms with E-state index < -0.39 is 0 Å². The first-order chi connectivity index (χ1) is 12.1. The van der Waals surface area contributed by atoms with E-state index in [0.29, 0.717) is 47.4 Å². The molecule has 1 amide bonds. The molecule has 7 nitrogen and oxygen atoms in total. The van der Waals surface area contributed by atoms with Gasteiger partial charge in [-0.1, -0.05) is 0 Å². The number of carbonyl (C=O) groups excluding carboxylic acids is 1. The van der Waals surface area contributed by atoms with Gasteiger partial charge in [-0.2, -0.15) is 0 Å². The lowest BCUT2D eigenvalue weighted by Crippen LogP contribution is -2.14. The molecular weight excluding hydrogens is 324 g/mol. The smallest absolute Gasteiger partial charge is 0.259 e. The van der Waals surface area contributed by atoms with E-state index in [-0.39, 0.29) is 5.91 Å². The van der Waals surface area contributed by atoms with Crippen molar-refractivity contribution < 1.29 is 23.7 Å². The molecule has 0 atom stereocenters. The number of hydrogen-bond acceptors (Lipinski definition) is 6. The number of amides is 1. The van der Waals surface area contributed by atoms with Gasteiger partial charge in [-0.3, -0.25) is 4.79 Å². The third kappa shape index (κ3) is 4.54. The van der Waals surface area contributed by atoms with Crippen LogP contribution in [0.2, 0.25) is 0 Å². The summed E-state index contributed by atoms with van der Waals surface area (Å²) in [6.07, 6.45) is 0. The highest BCUT2D eigenvalue weighted by Crippen LogP contribution is 2.35. The molecule has 0 bridgehead atoms. The van der Waals surface area contributed by atoms with Crippen LogP contribution in [0.5, 0.6) is 23.0 Å². The molecule has 0 heterocycles. The topological polar surface area (TPSA) is 92.0 Å². The van der Waals surface area contributed by atoms with Crippen molar-refractivity contribution in [2.75, 3.05) is 39.8 Å². The largest absolute Gasteiger partial charge is 0.496 e. The number of anilines is 1. The van der Waals surface area contributed by atoms with Gasteiger partial charge < -0.3 is 30.0 Å². The fourth-order valence-corrected chi connectivity index (χ4v) is 2.22. The summed E-state index contributed by atoms with van der Waals surface area (Å²) < 4.78 is 21.1. The molecule has 7 heteroatoms. The lowest BCUT2D eigenvalue weighted by atomic mass is 10.1. The Labute approximate surface area is 146 Å². The molecule has 2 aromatic rings. The van der Waals surface area contributed by atoms with Crippen LogP contribution in [0, 0.1) is 0 Å². The maximum Gasteiger partial charge on any atom is 0.259 e. The zero-order chi connectivity index (χ0) is 18.2. The molecule has 2 aromatic carbocycles. The molecule has 0 aliphatic rings. The first-order valence-electron chi connectivity index (χ1n) is 7.67. The molecule has 0 saturated heterocycles. The molecule has 0 unspecified atom stereocenters. The lowest BCUT2D eigenvalue weighted by molar-refractivity contribution is 0.102. The summed E-state index contributed by atoms with van der Waals surface area (Å²) in [6, 6.07) is 10.2. The van der Waals surface area contributed by atoms with E-state index in [1.807, 2.05) is 0 Å². The van der Waals surface area contributed by atoms with Crippen LogP contribution in [0.4, 0.5) is 5.69 Å². The van der Waals surface area contributed by atoms with Crippen molar-refractivity contribution in [2.45, 2.75) is 0 Å². The molecule has 134 valence electrons.